The third kappa shape index (κ3) is 2.65. The smallest absolute Gasteiger partial charge is 0.256 e. The Labute approximate surface area is 133 Å². The topological polar surface area (TPSA) is 58.6 Å². The molecule has 1 aliphatic rings. The number of fused-ring (bicyclic) bond motifs is 1. The van der Waals surface area contributed by atoms with Gasteiger partial charge in [-0.15, -0.1) is 0 Å². The zero-order valence-corrected chi connectivity index (χ0v) is 12.6. The number of halogens is 1. The number of benzene rings is 2. The maximum atomic E-state index is 12.1. The van der Waals surface area contributed by atoms with Crippen LogP contribution in [0.15, 0.2) is 36.4 Å². The van der Waals surface area contributed by atoms with Crippen molar-refractivity contribution in [3.05, 3.63) is 52.5 Å². The Morgan fingerprint density at radius 1 is 1.27 bits per heavy atom. The molecular weight excluding hydrogens is 302 g/mol. The highest BCUT2D eigenvalue weighted by molar-refractivity contribution is 6.36. The Morgan fingerprint density at radius 2 is 2.09 bits per heavy atom. The Bertz CT molecular complexity index is 783. The number of rotatable bonds is 3. The number of ether oxygens (including phenoxy) is 1. The van der Waals surface area contributed by atoms with Crippen molar-refractivity contribution in [1.29, 1.82) is 0 Å². The van der Waals surface area contributed by atoms with Crippen LogP contribution >= 0.6 is 11.6 Å². The fraction of sp³-hybridized carbons (Fsp3) is 0.118. The van der Waals surface area contributed by atoms with Gasteiger partial charge in [-0.1, -0.05) is 17.7 Å². The van der Waals surface area contributed by atoms with Gasteiger partial charge in [-0.2, -0.15) is 0 Å². The first-order chi connectivity index (χ1) is 10.6. The number of anilines is 1. The molecule has 2 aromatic carbocycles. The molecule has 0 aliphatic carbocycles. The molecule has 0 bridgehead atoms. The van der Waals surface area contributed by atoms with E-state index in [1.807, 2.05) is 6.92 Å². The quantitative estimate of drug-likeness (QED) is 0.844. The van der Waals surface area contributed by atoms with Crippen LogP contribution in [-0.2, 0) is 4.79 Å². The lowest BCUT2D eigenvalue weighted by Gasteiger charge is -2.06. The zero-order valence-electron chi connectivity index (χ0n) is 11.9. The minimum atomic E-state index is -0.217. The second kappa shape index (κ2) is 5.73. The molecule has 5 heteroatoms. The molecule has 112 valence electrons. The number of hydrogen-bond acceptors (Lipinski definition) is 3. The molecule has 0 spiro atoms. The molecule has 2 aromatic rings. The van der Waals surface area contributed by atoms with Gasteiger partial charge in [0.25, 0.3) is 5.91 Å². The van der Waals surface area contributed by atoms with E-state index in [4.69, 9.17) is 16.3 Å². The lowest BCUT2D eigenvalue weighted by molar-refractivity contribution is -0.110. The first-order valence-corrected chi connectivity index (χ1v) is 7.25. The summed E-state index contributed by atoms with van der Waals surface area (Å²) in [5.41, 5.74) is 2.49. The first kappa shape index (κ1) is 14.5. The van der Waals surface area contributed by atoms with Crippen molar-refractivity contribution in [1.82, 2.24) is 0 Å². The monoisotopic (exact) mass is 315 g/mol. The molecule has 1 amide bonds. The summed E-state index contributed by atoms with van der Waals surface area (Å²) in [5, 5.41) is 13.4. The molecular formula is C17H14ClNO3. The van der Waals surface area contributed by atoms with Gasteiger partial charge in [0, 0.05) is 27.8 Å². The number of hydrogen-bond donors (Lipinski definition) is 2. The maximum absolute atomic E-state index is 12.1. The largest absolute Gasteiger partial charge is 0.507 e. The second-order valence-corrected chi connectivity index (χ2v) is 5.29. The van der Waals surface area contributed by atoms with Crippen molar-refractivity contribution in [2.75, 3.05) is 11.9 Å². The van der Waals surface area contributed by atoms with E-state index in [2.05, 4.69) is 5.32 Å². The van der Waals surface area contributed by atoms with Gasteiger partial charge in [0.2, 0.25) is 0 Å². The number of phenolic OH excluding ortho intramolecular Hbond substituents is 1. The number of aromatic hydroxyl groups is 1. The van der Waals surface area contributed by atoms with Crippen LogP contribution in [0.3, 0.4) is 0 Å². The highest BCUT2D eigenvalue weighted by atomic mass is 35.5. The average molecular weight is 316 g/mol. The third-order valence-electron chi connectivity index (χ3n) is 3.38. The minimum Gasteiger partial charge on any atom is -0.507 e. The molecule has 3 rings (SSSR count). The molecule has 0 saturated heterocycles. The Kier molecular flexibility index (Phi) is 3.77. The first-order valence-electron chi connectivity index (χ1n) is 6.87. The lowest BCUT2D eigenvalue weighted by Crippen LogP contribution is -2.03. The van der Waals surface area contributed by atoms with Gasteiger partial charge in [-0.05, 0) is 37.3 Å². The van der Waals surface area contributed by atoms with Crippen molar-refractivity contribution in [3.8, 4) is 11.5 Å². The van der Waals surface area contributed by atoms with Crippen molar-refractivity contribution >= 4 is 34.8 Å². The summed E-state index contributed by atoms with van der Waals surface area (Å²) >= 11 is 5.93. The Balaban J connectivity index is 2.01. The van der Waals surface area contributed by atoms with E-state index in [1.54, 1.807) is 36.4 Å². The van der Waals surface area contributed by atoms with Crippen LogP contribution in [-0.4, -0.2) is 17.6 Å². The molecule has 1 heterocycles. The van der Waals surface area contributed by atoms with Crippen molar-refractivity contribution in [2.45, 2.75) is 6.92 Å². The van der Waals surface area contributed by atoms with Gasteiger partial charge in [0.15, 0.2) is 0 Å². The molecule has 0 radical (unpaired) electrons. The zero-order chi connectivity index (χ0) is 15.7. The van der Waals surface area contributed by atoms with E-state index in [0.717, 1.165) is 5.56 Å². The summed E-state index contributed by atoms with van der Waals surface area (Å²) in [6.07, 6.45) is 1.65. The van der Waals surface area contributed by atoms with Gasteiger partial charge in [0.05, 0.1) is 12.3 Å². The fourth-order valence-corrected chi connectivity index (χ4v) is 2.54. The highest BCUT2D eigenvalue weighted by Gasteiger charge is 2.24. The van der Waals surface area contributed by atoms with Crippen LogP contribution in [0.25, 0.3) is 11.6 Å². The van der Waals surface area contributed by atoms with E-state index in [1.165, 1.54) is 6.07 Å². The van der Waals surface area contributed by atoms with Gasteiger partial charge in [0.1, 0.15) is 11.5 Å². The van der Waals surface area contributed by atoms with E-state index in [9.17, 15) is 9.90 Å². The highest BCUT2D eigenvalue weighted by Crippen LogP contribution is 2.36. The standard InChI is InChI=1S/C17H14ClNO3/c1-2-22-12-5-3-10(16(20)9-12)7-14-13-6-4-11(18)8-15(13)19-17(14)21/h3-9,20H,2H2,1H3,(H,19,21)/b14-7-. The molecule has 1 aliphatic heterocycles. The second-order valence-electron chi connectivity index (χ2n) is 4.86. The van der Waals surface area contributed by atoms with E-state index >= 15 is 0 Å². The molecule has 2 N–H and O–H groups in total. The van der Waals surface area contributed by atoms with Crippen LogP contribution in [0.2, 0.25) is 5.02 Å². The predicted molar refractivity (Wildman–Crippen MR) is 87.2 cm³/mol. The third-order valence-corrected chi connectivity index (χ3v) is 3.61. The average Bonchev–Trinajstić information content (AvgIpc) is 2.77. The van der Waals surface area contributed by atoms with Crippen LogP contribution in [0.4, 0.5) is 5.69 Å². The summed E-state index contributed by atoms with van der Waals surface area (Å²) in [7, 11) is 0. The number of carbonyl (C=O) groups is 1. The normalized spacial score (nSPS) is 14.8. The van der Waals surface area contributed by atoms with Crippen molar-refractivity contribution in [2.24, 2.45) is 0 Å². The Morgan fingerprint density at radius 3 is 2.82 bits per heavy atom. The van der Waals surface area contributed by atoms with Crippen molar-refractivity contribution < 1.29 is 14.6 Å². The summed E-state index contributed by atoms with van der Waals surface area (Å²) in [4.78, 5) is 12.1. The molecule has 0 saturated carbocycles. The van der Waals surface area contributed by atoms with E-state index in [-0.39, 0.29) is 11.7 Å². The summed E-state index contributed by atoms with van der Waals surface area (Å²) in [6.45, 7) is 2.40. The molecule has 0 fully saturated rings. The minimum absolute atomic E-state index is 0.0636. The maximum Gasteiger partial charge on any atom is 0.256 e. The number of amides is 1. The van der Waals surface area contributed by atoms with Crippen LogP contribution in [0.5, 0.6) is 11.5 Å². The fourth-order valence-electron chi connectivity index (χ4n) is 2.37. The molecule has 0 aromatic heterocycles. The van der Waals surface area contributed by atoms with Crippen molar-refractivity contribution in [3.63, 3.8) is 0 Å². The molecule has 0 atom stereocenters. The van der Waals surface area contributed by atoms with Crippen LogP contribution in [0.1, 0.15) is 18.1 Å². The van der Waals surface area contributed by atoms with Gasteiger partial charge >= 0.3 is 0 Å². The van der Waals surface area contributed by atoms with Gasteiger partial charge < -0.3 is 15.2 Å². The summed E-state index contributed by atoms with van der Waals surface area (Å²) < 4.78 is 5.33. The number of nitrogens with one attached hydrogen (secondary N) is 1. The van der Waals surface area contributed by atoms with Crippen LogP contribution in [0, 0.1) is 0 Å². The van der Waals surface area contributed by atoms with Gasteiger partial charge in [-0.25, -0.2) is 0 Å². The van der Waals surface area contributed by atoms with Crippen LogP contribution < -0.4 is 10.1 Å². The van der Waals surface area contributed by atoms with E-state index < -0.39 is 0 Å². The molecule has 22 heavy (non-hydrogen) atoms. The van der Waals surface area contributed by atoms with E-state index in [0.29, 0.717) is 34.2 Å². The molecule has 4 nitrogen and oxygen atoms in total. The number of carbonyl (C=O) groups excluding carboxylic acids is 1. The summed E-state index contributed by atoms with van der Waals surface area (Å²) in [6, 6.07) is 10.2. The lowest BCUT2D eigenvalue weighted by atomic mass is 10.0. The van der Waals surface area contributed by atoms with Gasteiger partial charge in [-0.3, -0.25) is 4.79 Å². The number of phenols is 1. The Hall–Kier alpha value is -2.46. The predicted octanol–water partition coefficient (Wildman–Crippen LogP) is 3.94. The summed E-state index contributed by atoms with van der Waals surface area (Å²) in [5.74, 6) is 0.435. The SMILES string of the molecule is CCOc1ccc(/C=C2\C(=O)Nc3cc(Cl)ccc32)c(O)c1. The molecule has 0 unspecified atom stereocenters.